The average Bonchev–Trinajstić information content (AvgIpc) is 2.48. The second kappa shape index (κ2) is 6.83. The number of amides is 1. The summed E-state index contributed by atoms with van der Waals surface area (Å²) in [5.41, 5.74) is 1.59. The molecule has 1 amide bonds. The third-order valence-electron chi connectivity index (χ3n) is 3.37. The van der Waals surface area contributed by atoms with Crippen LogP contribution in [0, 0.1) is 6.92 Å². The molecule has 0 aliphatic carbocycles. The summed E-state index contributed by atoms with van der Waals surface area (Å²) in [4.78, 5) is 23.2. The van der Waals surface area contributed by atoms with Crippen molar-refractivity contribution in [1.82, 2.24) is 0 Å². The van der Waals surface area contributed by atoms with E-state index >= 15 is 0 Å². The number of hydrogen-bond donors (Lipinski definition) is 4. The Bertz CT molecular complexity index is 755. The molecular formula is C17H17NO5. The predicted molar refractivity (Wildman–Crippen MR) is 84.9 cm³/mol. The van der Waals surface area contributed by atoms with Crippen LogP contribution in [-0.4, -0.2) is 27.2 Å². The number of aromatic hydroxyl groups is 2. The van der Waals surface area contributed by atoms with E-state index in [2.05, 4.69) is 5.32 Å². The van der Waals surface area contributed by atoms with Crippen molar-refractivity contribution in [3.63, 3.8) is 0 Å². The van der Waals surface area contributed by atoms with Crippen LogP contribution in [-0.2, 0) is 11.2 Å². The van der Waals surface area contributed by atoms with Gasteiger partial charge in [0.15, 0.2) is 0 Å². The average molecular weight is 315 g/mol. The quantitative estimate of drug-likeness (QED) is 0.678. The fourth-order valence-electron chi connectivity index (χ4n) is 2.17. The molecule has 0 fully saturated rings. The second-order valence-electron chi connectivity index (χ2n) is 5.22. The summed E-state index contributed by atoms with van der Waals surface area (Å²) in [5, 5.41) is 30.6. The summed E-state index contributed by atoms with van der Waals surface area (Å²) < 4.78 is 0. The van der Waals surface area contributed by atoms with Crippen LogP contribution in [0.2, 0.25) is 0 Å². The summed E-state index contributed by atoms with van der Waals surface area (Å²) >= 11 is 0. The zero-order valence-corrected chi connectivity index (χ0v) is 12.5. The van der Waals surface area contributed by atoms with Crippen LogP contribution in [0.25, 0.3) is 0 Å². The number of nitrogens with one attached hydrogen (secondary N) is 1. The van der Waals surface area contributed by atoms with E-state index in [-0.39, 0.29) is 41.5 Å². The lowest BCUT2D eigenvalue weighted by Crippen LogP contribution is -2.15. The lowest BCUT2D eigenvalue weighted by Gasteiger charge is -2.10. The number of carbonyl (C=O) groups is 2. The van der Waals surface area contributed by atoms with Crippen LogP contribution in [0.15, 0.2) is 36.4 Å². The molecule has 0 radical (unpaired) electrons. The van der Waals surface area contributed by atoms with Crippen LogP contribution >= 0.6 is 0 Å². The maximum Gasteiger partial charge on any atom is 0.337 e. The number of rotatable bonds is 5. The summed E-state index contributed by atoms with van der Waals surface area (Å²) in [6.45, 7) is 1.77. The fourth-order valence-corrected chi connectivity index (χ4v) is 2.17. The molecule has 23 heavy (non-hydrogen) atoms. The molecule has 120 valence electrons. The Hall–Kier alpha value is -3.02. The van der Waals surface area contributed by atoms with Crippen LogP contribution in [0.1, 0.15) is 27.9 Å². The van der Waals surface area contributed by atoms with E-state index in [1.807, 2.05) is 0 Å². The number of phenols is 2. The topological polar surface area (TPSA) is 107 Å². The maximum atomic E-state index is 12.0. The molecule has 0 spiro atoms. The molecule has 2 rings (SSSR count). The number of benzene rings is 2. The zero-order chi connectivity index (χ0) is 17.0. The van der Waals surface area contributed by atoms with Gasteiger partial charge in [0.2, 0.25) is 5.91 Å². The Morgan fingerprint density at radius 2 is 1.83 bits per heavy atom. The van der Waals surface area contributed by atoms with E-state index in [1.165, 1.54) is 24.3 Å². The van der Waals surface area contributed by atoms with Gasteiger partial charge < -0.3 is 20.6 Å². The Morgan fingerprint density at radius 3 is 2.48 bits per heavy atom. The van der Waals surface area contributed by atoms with Crippen molar-refractivity contribution in [3.8, 4) is 11.5 Å². The van der Waals surface area contributed by atoms with Crippen molar-refractivity contribution in [1.29, 1.82) is 0 Å². The molecule has 0 unspecified atom stereocenters. The van der Waals surface area contributed by atoms with E-state index < -0.39 is 5.97 Å². The first kappa shape index (κ1) is 16.4. The molecule has 0 atom stereocenters. The number of hydrogen-bond acceptors (Lipinski definition) is 4. The summed E-state index contributed by atoms with van der Waals surface area (Å²) in [6, 6.07) is 8.92. The van der Waals surface area contributed by atoms with Crippen molar-refractivity contribution >= 4 is 17.6 Å². The van der Waals surface area contributed by atoms with E-state index in [9.17, 15) is 19.8 Å². The Kier molecular flexibility index (Phi) is 4.85. The third-order valence-corrected chi connectivity index (χ3v) is 3.37. The van der Waals surface area contributed by atoms with Crippen LogP contribution in [0.4, 0.5) is 5.69 Å². The molecule has 6 heteroatoms. The standard InChI is InChI=1S/C17H17NO5/c1-10-2-6-14(13(8-10)17(22)23)18-16(21)7-4-11-3-5-12(19)9-15(11)20/h2-3,5-6,8-9,19-20H,4,7H2,1H3,(H,18,21)(H,22,23). The molecule has 2 aromatic carbocycles. The van der Waals surface area contributed by atoms with Gasteiger partial charge in [0.25, 0.3) is 0 Å². The van der Waals surface area contributed by atoms with Gasteiger partial charge in [-0.1, -0.05) is 17.7 Å². The summed E-state index contributed by atoms with van der Waals surface area (Å²) in [6.07, 6.45) is 0.345. The lowest BCUT2D eigenvalue weighted by molar-refractivity contribution is -0.116. The molecule has 6 nitrogen and oxygen atoms in total. The Morgan fingerprint density at radius 1 is 1.09 bits per heavy atom. The number of carbonyl (C=O) groups excluding carboxylic acids is 1. The van der Waals surface area contributed by atoms with E-state index in [0.29, 0.717) is 5.56 Å². The van der Waals surface area contributed by atoms with Crippen LogP contribution in [0.5, 0.6) is 11.5 Å². The molecule has 0 aliphatic rings. The highest BCUT2D eigenvalue weighted by atomic mass is 16.4. The van der Waals surface area contributed by atoms with Gasteiger partial charge in [-0.05, 0) is 37.1 Å². The maximum absolute atomic E-state index is 12.0. The first-order chi connectivity index (χ1) is 10.9. The lowest BCUT2D eigenvalue weighted by atomic mass is 10.1. The minimum atomic E-state index is -1.11. The summed E-state index contributed by atoms with van der Waals surface area (Å²) in [7, 11) is 0. The number of carboxylic acids is 1. The SMILES string of the molecule is Cc1ccc(NC(=O)CCc2ccc(O)cc2O)c(C(=O)O)c1. The second-order valence-corrected chi connectivity index (χ2v) is 5.22. The van der Waals surface area contributed by atoms with Gasteiger partial charge in [-0.25, -0.2) is 4.79 Å². The van der Waals surface area contributed by atoms with Crippen LogP contribution < -0.4 is 5.32 Å². The smallest absolute Gasteiger partial charge is 0.337 e. The highest BCUT2D eigenvalue weighted by Gasteiger charge is 2.13. The first-order valence-electron chi connectivity index (χ1n) is 7.01. The van der Waals surface area contributed by atoms with Crippen molar-refractivity contribution in [2.24, 2.45) is 0 Å². The van der Waals surface area contributed by atoms with Gasteiger partial charge >= 0.3 is 5.97 Å². The van der Waals surface area contributed by atoms with E-state index in [0.717, 1.165) is 5.56 Å². The molecule has 0 heterocycles. The first-order valence-corrected chi connectivity index (χ1v) is 7.01. The van der Waals surface area contributed by atoms with Gasteiger partial charge in [0.05, 0.1) is 11.3 Å². The Balaban J connectivity index is 2.04. The number of aryl methyl sites for hydroxylation is 2. The van der Waals surface area contributed by atoms with Gasteiger partial charge in [0.1, 0.15) is 11.5 Å². The van der Waals surface area contributed by atoms with Gasteiger partial charge in [-0.3, -0.25) is 4.79 Å². The van der Waals surface area contributed by atoms with E-state index in [4.69, 9.17) is 5.11 Å². The molecule has 0 saturated carbocycles. The molecular weight excluding hydrogens is 298 g/mol. The van der Waals surface area contributed by atoms with Crippen molar-refractivity contribution in [2.75, 3.05) is 5.32 Å². The summed E-state index contributed by atoms with van der Waals surface area (Å²) in [5.74, 6) is -1.61. The normalized spacial score (nSPS) is 10.3. The number of phenolic OH excluding ortho intramolecular Hbond substituents is 2. The van der Waals surface area contributed by atoms with Gasteiger partial charge in [-0.2, -0.15) is 0 Å². The third kappa shape index (κ3) is 4.23. The van der Waals surface area contributed by atoms with Crippen molar-refractivity contribution in [3.05, 3.63) is 53.1 Å². The molecule has 4 N–H and O–H groups in total. The van der Waals surface area contributed by atoms with Crippen molar-refractivity contribution < 1.29 is 24.9 Å². The molecule has 0 aromatic heterocycles. The zero-order valence-electron chi connectivity index (χ0n) is 12.5. The highest BCUT2D eigenvalue weighted by Crippen LogP contribution is 2.24. The van der Waals surface area contributed by atoms with E-state index in [1.54, 1.807) is 19.1 Å². The highest BCUT2D eigenvalue weighted by molar-refractivity contribution is 6.00. The molecule has 0 bridgehead atoms. The minimum Gasteiger partial charge on any atom is -0.508 e. The molecule has 2 aromatic rings. The molecule has 0 saturated heterocycles. The number of carboxylic acid groups (broad SMARTS) is 1. The molecule has 0 aliphatic heterocycles. The predicted octanol–water partition coefficient (Wildman–Crippen LogP) is 2.68. The minimum absolute atomic E-state index is 0.0332. The Labute approximate surface area is 133 Å². The number of aromatic carboxylic acids is 1. The largest absolute Gasteiger partial charge is 0.508 e. The van der Waals surface area contributed by atoms with Gasteiger partial charge in [-0.15, -0.1) is 0 Å². The van der Waals surface area contributed by atoms with Crippen molar-refractivity contribution in [2.45, 2.75) is 19.8 Å². The van der Waals surface area contributed by atoms with Gasteiger partial charge in [0, 0.05) is 12.5 Å². The fraction of sp³-hybridized carbons (Fsp3) is 0.176. The number of anilines is 1. The van der Waals surface area contributed by atoms with Crippen LogP contribution in [0.3, 0.4) is 0 Å². The monoisotopic (exact) mass is 315 g/mol.